The molecule has 1 N–H and O–H groups in total. The number of nitrogens with one attached hydrogen (secondary N) is 1. The van der Waals surface area contributed by atoms with Gasteiger partial charge >= 0.3 is 0 Å². The smallest absolute Gasteiger partial charge is 0.259 e. The van der Waals surface area contributed by atoms with E-state index in [0.29, 0.717) is 49.3 Å². The van der Waals surface area contributed by atoms with Crippen LogP contribution in [0.15, 0.2) is 48.5 Å². The van der Waals surface area contributed by atoms with Crippen molar-refractivity contribution in [1.82, 2.24) is 0 Å². The summed E-state index contributed by atoms with van der Waals surface area (Å²) in [4.78, 5) is 12.6. The van der Waals surface area contributed by atoms with E-state index >= 15 is 0 Å². The topological polar surface area (TPSA) is 56.8 Å². The highest BCUT2D eigenvalue weighted by Gasteiger charge is 2.12. The van der Waals surface area contributed by atoms with Gasteiger partial charge in [-0.2, -0.15) is 0 Å². The van der Waals surface area contributed by atoms with E-state index in [0.717, 1.165) is 12.2 Å². The van der Waals surface area contributed by atoms with Crippen molar-refractivity contribution in [2.75, 3.05) is 31.7 Å². The monoisotopic (exact) mass is 371 g/mol. The Morgan fingerprint density at radius 2 is 1.70 bits per heavy atom. The molecule has 0 aliphatic heterocycles. The van der Waals surface area contributed by atoms with Crippen molar-refractivity contribution >= 4 is 11.6 Å². The summed E-state index contributed by atoms with van der Waals surface area (Å²) in [6.45, 7) is 8.49. The van der Waals surface area contributed by atoms with Crippen LogP contribution in [0, 0.1) is 5.92 Å². The summed E-state index contributed by atoms with van der Waals surface area (Å²) < 4.78 is 16.6. The van der Waals surface area contributed by atoms with Crippen LogP contribution in [0.5, 0.6) is 11.5 Å². The highest BCUT2D eigenvalue weighted by Crippen LogP contribution is 2.21. The van der Waals surface area contributed by atoms with Gasteiger partial charge in [-0.15, -0.1) is 0 Å². The highest BCUT2D eigenvalue weighted by atomic mass is 16.5. The van der Waals surface area contributed by atoms with E-state index in [9.17, 15) is 4.79 Å². The summed E-state index contributed by atoms with van der Waals surface area (Å²) in [5.74, 6) is 1.74. The molecule has 5 heteroatoms. The first-order chi connectivity index (χ1) is 13.1. The number of para-hydroxylation sites is 1. The van der Waals surface area contributed by atoms with Gasteiger partial charge in [-0.3, -0.25) is 4.79 Å². The van der Waals surface area contributed by atoms with Gasteiger partial charge in [-0.05, 0) is 55.7 Å². The molecule has 0 saturated carbocycles. The fourth-order valence-electron chi connectivity index (χ4n) is 2.38. The van der Waals surface area contributed by atoms with Gasteiger partial charge < -0.3 is 19.5 Å². The third-order valence-corrected chi connectivity index (χ3v) is 3.90. The van der Waals surface area contributed by atoms with Crippen molar-refractivity contribution in [3.05, 3.63) is 54.1 Å². The minimum Gasteiger partial charge on any atom is -0.494 e. The molecule has 146 valence electrons. The standard InChI is InChI=1S/C22H29NO4/c1-4-25-15-16-27-21-8-6-5-7-20(21)22(24)23-18-9-11-19(12-10-18)26-14-13-17(2)3/h5-12,17H,4,13-16H2,1-3H3,(H,23,24). The lowest BCUT2D eigenvalue weighted by Crippen LogP contribution is -2.15. The molecule has 2 aromatic carbocycles. The molecule has 1 amide bonds. The van der Waals surface area contributed by atoms with Crippen molar-refractivity contribution in [2.24, 2.45) is 5.92 Å². The number of benzene rings is 2. The molecule has 0 heterocycles. The second kappa shape index (κ2) is 11.2. The summed E-state index contributed by atoms with van der Waals surface area (Å²) in [6.07, 6.45) is 1.01. The molecule has 2 rings (SSSR count). The zero-order valence-corrected chi connectivity index (χ0v) is 16.4. The van der Waals surface area contributed by atoms with Gasteiger partial charge in [0, 0.05) is 12.3 Å². The molecule has 0 unspecified atom stereocenters. The van der Waals surface area contributed by atoms with Gasteiger partial charge in [0.1, 0.15) is 18.1 Å². The molecular weight excluding hydrogens is 342 g/mol. The average Bonchev–Trinajstić information content (AvgIpc) is 2.66. The van der Waals surface area contributed by atoms with Crippen LogP contribution in [-0.4, -0.2) is 32.3 Å². The first kappa shape index (κ1) is 20.8. The number of hydrogen-bond acceptors (Lipinski definition) is 4. The summed E-state index contributed by atoms with van der Waals surface area (Å²) >= 11 is 0. The highest BCUT2D eigenvalue weighted by molar-refractivity contribution is 6.06. The average molecular weight is 371 g/mol. The van der Waals surface area contributed by atoms with Crippen LogP contribution in [0.4, 0.5) is 5.69 Å². The fourth-order valence-corrected chi connectivity index (χ4v) is 2.38. The van der Waals surface area contributed by atoms with E-state index in [2.05, 4.69) is 19.2 Å². The van der Waals surface area contributed by atoms with Gasteiger partial charge in [0.15, 0.2) is 0 Å². The third kappa shape index (κ3) is 7.31. The van der Waals surface area contributed by atoms with Crippen LogP contribution in [-0.2, 0) is 4.74 Å². The minimum atomic E-state index is -0.213. The molecule has 0 aliphatic carbocycles. The first-order valence-corrected chi connectivity index (χ1v) is 9.44. The zero-order chi connectivity index (χ0) is 19.5. The molecule has 0 saturated heterocycles. The summed E-state index contributed by atoms with van der Waals surface area (Å²) in [5, 5.41) is 2.90. The Morgan fingerprint density at radius 1 is 0.963 bits per heavy atom. The van der Waals surface area contributed by atoms with Crippen molar-refractivity contribution in [3.63, 3.8) is 0 Å². The van der Waals surface area contributed by atoms with Crippen LogP contribution in [0.25, 0.3) is 0 Å². The molecular formula is C22H29NO4. The van der Waals surface area contributed by atoms with Gasteiger partial charge in [0.2, 0.25) is 0 Å². The molecule has 0 bridgehead atoms. The molecule has 5 nitrogen and oxygen atoms in total. The van der Waals surface area contributed by atoms with Crippen molar-refractivity contribution in [3.8, 4) is 11.5 Å². The Balaban J connectivity index is 1.92. The van der Waals surface area contributed by atoms with Crippen LogP contribution in [0.1, 0.15) is 37.6 Å². The number of anilines is 1. The Bertz CT molecular complexity index is 698. The fraction of sp³-hybridized carbons (Fsp3) is 0.409. The lowest BCUT2D eigenvalue weighted by molar-refractivity contribution is 0.0998. The lowest BCUT2D eigenvalue weighted by Gasteiger charge is -2.12. The van der Waals surface area contributed by atoms with Gasteiger partial charge in [0.05, 0.1) is 18.8 Å². The van der Waals surface area contributed by atoms with E-state index in [1.54, 1.807) is 12.1 Å². The van der Waals surface area contributed by atoms with Gasteiger partial charge in [-0.1, -0.05) is 26.0 Å². The normalized spacial score (nSPS) is 10.7. The second-order valence-electron chi connectivity index (χ2n) is 6.55. The van der Waals surface area contributed by atoms with E-state index in [1.807, 2.05) is 43.3 Å². The molecule has 0 aliphatic rings. The Labute approximate surface area is 161 Å². The minimum absolute atomic E-state index is 0.213. The molecule has 0 atom stereocenters. The predicted molar refractivity (Wildman–Crippen MR) is 108 cm³/mol. The first-order valence-electron chi connectivity index (χ1n) is 9.44. The Morgan fingerprint density at radius 3 is 2.41 bits per heavy atom. The Kier molecular flexibility index (Phi) is 8.65. The van der Waals surface area contributed by atoms with Crippen molar-refractivity contribution in [1.29, 1.82) is 0 Å². The number of carbonyl (C=O) groups is 1. The van der Waals surface area contributed by atoms with Crippen LogP contribution < -0.4 is 14.8 Å². The summed E-state index contributed by atoms with van der Waals surface area (Å²) in [7, 11) is 0. The van der Waals surface area contributed by atoms with Crippen molar-refractivity contribution < 1.29 is 19.0 Å². The SMILES string of the molecule is CCOCCOc1ccccc1C(=O)Nc1ccc(OCCC(C)C)cc1. The molecule has 2 aromatic rings. The molecule has 0 radical (unpaired) electrons. The van der Waals surface area contributed by atoms with E-state index in [4.69, 9.17) is 14.2 Å². The number of rotatable bonds is 11. The number of hydrogen-bond donors (Lipinski definition) is 1. The van der Waals surface area contributed by atoms with Crippen molar-refractivity contribution in [2.45, 2.75) is 27.2 Å². The number of ether oxygens (including phenoxy) is 3. The predicted octanol–water partition coefficient (Wildman–Crippen LogP) is 4.78. The van der Waals surface area contributed by atoms with Gasteiger partial charge in [0.25, 0.3) is 5.91 Å². The molecule has 0 spiro atoms. The second-order valence-corrected chi connectivity index (χ2v) is 6.55. The maximum Gasteiger partial charge on any atom is 0.259 e. The summed E-state index contributed by atoms with van der Waals surface area (Å²) in [5.41, 5.74) is 1.20. The van der Waals surface area contributed by atoms with E-state index < -0.39 is 0 Å². The number of amides is 1. The molecule has 0 fully saturated rings. The molecule has 0 aromatic heterocycles. The van der Waals surface area contributed by atoms with Crippen LogP contribution in [0.2, 0.25) is 0 Å². The molecule has 27 heavy (non-hydrogen) atoms. The quantitative estimate of drug-likeness (QED) is 0.578. The van der Waals surface area contributed by atoms with Crippen LogP contribution in [0.3, 0.4) is 0 Å². The third-order valence-electron chi connectivity index (χ3n) is 3.90. The largest absolute Gasteiger partial charge is 0.494 e. The maximum atomic E-state index is 12.6. The lowest BCUT2D eigenvalue weighted by atomic mass is 10.1. The Hall–Kier alpha value is -2.53. The summed E-state index contributed by atoms with van der Waals surface area (Å²) in [6, 6.07) is 14.6. The van der Waals surface area contributed by atoms with Crippen LogP contribution >= 0.6 is 0 Å². The maximum absolute atomic E-state index is 12.6. The van der Waals surface area contributed by atoms with E-state index in [-0.39, 0.29) is 5.91 Å². The van der Waals surface area contributed by atoms with E-state index in [1.165, 1.54) is 0 Å². The van der Waals surface area contributed by atoms with Gasteiger partial charge in [-0.25, -0.2) is 0 Å². The zero-order valence-electron chi connectivity index (χ0n) is 16.4. The number of carbonyl (C=O) groups excluding carboxylic acids is 1.